The highest BCUT2D eigenvalue weighted by Crippen LogP contribution is 2.12. The highest BCUT2D eigenvalue weighted by atomic mass is 16.5. The Labute approximate surface area is 101 Å². The average molecular weight is 231 g/mol. The van der Waals surface area contributed by atoms with Gasteiger partial charge in [0.05, 0.1) is 24.9 Å². The zero-order chi connectivity index (χ0) is 12.6. The van der Waals surface area contributed by atoms with Crippen molar-refractivity contribution in [3.8, 4) is 0 Å². The van der Waals surface area contributed by atoms with Crippen LogP contribution in [0.5, 0.6) is 0 Å². The highest BCUT2D eigenvalue weighted by Gasteiger charge is 2.24. The highest BCUT2D eigenvalue weighted by molar-refractivity contribution is 4.79. The monoisotopic (exact) mass is 231 g/mol. The molecule has 0 bridgehead atoms. The van der Waals surface area contributed by atoms with Crippen molar-refractivity contribution < 1.29 is 9.47 Å². The van der Waals surface area contributed by atoms with Crippen LogP contribution in [0.15, 0.2) is 0 Å². The van der Waals surface area contributed by atoms with Crippen molar-refractivity contribution in [1.82, 2.24) is 5.32 Å². The second-order valence-electron chi connectivity index (χ2n) is 4.71. The Balaban J connectivity index is 4.31. The van der Waals surface area contributed by atoms with Crippen molar-refractivity contribution in [2.45, 2.75) is 59.8 Å². The zero-order valence-electron chi connectivity index (χ0n) is 11.7. The van der Waals surface area contributed by atoms with Gasteiger partial charge in [0.15, 0.2) is 0 Å². The number of nitrogens with one attached hydrogen (secondary N) is 1. The van der Waals surface area contributed by atoms with Crippen molar-refractivity contribution in [3.63, 3.8) is 0 Å². The molecule has 0 heterocycles. The summed E-state index contributed by atoms with van der Waals surface area (Å²) in [6.45, 7) is 15.1. The summed E-state index contributed by atoms with van der Waals surface area (Å²) >= 11 is 0. The Morgan fingerprint density at radius 3 is 2.00 bits per heavy atom. The third-order valence-corrected chi connectivity index (χ3v) is 2.49. The molecule has 0 aromatic rings. The average Bonchev–Trinajstić information content (AvgIpc) is 2.20. The minimum atomic E-state index is 0.226. The van der Waals surface area contributed by atoms with Gasteiger partial charge in [0.2, 0.25) is 0 Å². The number of hydrogen-bond donors (Lipinski definition) is 1. The van der Waals surface area contributed by atoms with Gasteiger partial charge < -0.3 is 14.8 Å². The fourth-order valence-corrected chi connectivity index (χ4v) is 1.79. The largest absolute Gasteiger partial charge is 0.377 e. The molecule has 0 saturated heterocycles. The quantitative estimate of drug-likeness (QED) is 0.661. The summed E-state index contributed by atoms with van der Waals surface area (Å²) in [6.07, 6.45) is 0.499. The third-order valence-electron chi connectivity index (χ3n) is 2.49. The molecule has 0 aliphatic rings. The number of hydrogen-bond acceptors (Lipinski definition) is 3. The van der Waals surface area contributed by atoms with Gasteiger partial charge in [0, 0.05) is 6.61 Å². The summed E-state index contributed by atoms with van der Waals surface area (Å²) in [7, 11) is 0. The van der Waals surface area contributed by atoms with Crippen molar-refractivity contribution in [1.29, 1.82) is 0 Å². The van der Waals surface area contributed by atoms with Gasteiger partial charge in [-0.1, -0.05) is 20.8 Å². The van der Waals surface area contributed by atoms with Gasteiger partial charge in [-0.2, -0.15) is 0 Å². The van der Waals surface area contributed by atoms with E-state index in [-0.39, 0.29) is 18.2 Å². The van der Waals surface area contributed by atoms with E-state index in [2.05, 4.69) is 39.9 Å². The molecule has 0 rings (SSSR count). The first kappa shape index (κ1) is 15.9. The summed E-state index contributed by atoms with van der Waals surface area (Å²) in [5.74, 6) is 0.500. The van der Waals surface area contributed by atoms with Gasteiger partial charge in [-0.15, -0.1) is 0 Å². The van der Waals surface area contributed by atoms with Gasteiger partial charge in [0.25, 0.3) is 0 Å². The molecule has 0 radical (unpaired) electrons. The van der Waals surface area contributed by atoms with Crippen molar-refractivity contribution in [3.05, 3.63) is 0 Å². The van der Waals surface area contributed by atoms with Gasteiger partial charge in [0.1, 0.15) is 0 Å². The fraction of sp³-hybridized carbons (Fsp3) is 1.00. The minimum Gasteiger partial charge on any atom is -0.377 e. The smallest absolute Gasteiger partial charge is 0.0773 e. The van der Waals surface area contributed by atoms with Gasteiger partial charge >= 0.3 is 0 Å². The Morgan fingerprint density at radius 2 is 1.62 bits per heavy atom. The zero-order valence-corrected chi connectivity index (χ0v) is 11.7. The van der Waals surface area contributed by atoms with E-state index in [1.54, 1.807) is 0 Å². The summed E-state index contributed by atoms with van der Waals surface area (Å²) < 4.78 is 11.5. The lowest BCUT2D eigenvalue weighted by molar-refractivity contribution is -0.0334. The lowest BCUT2D eigenvalue weighted by atomic mass is 10.00. The molecule has 0 aliphatic carbocycles. The molecule has 0 fully saturated rings. The van der Waals surface area contributed by atoms with Crippen LogP contribution in [0, 0.1) is 5.92 Å². The molecule has 0 aromatic heterocycles. The second kappa shape index (κ2) is 8.97. The molecular formula is C13H29NO2. The molecule has 98 valence electrons. The van der Waals surface area contributed by atoms with E-state index in [1.807, 2.05) is 6.92 Å². The number of likely N-dealkylation sites (N-methyl/N-ethyl adjacent to an activating group) is 1. The SMILES string of the molecule is CCNC(COC(C)C)C(OCC)C(C)C. The van der Waals surface area contributed by atoms with E-state index in [0.717, 1.165) is 13.2 Å². The predicted molar refractivity (Wildman–Crippen MR) is 68.8 cm³/mol. The summed E-state index contributed by atoms with van der Waals surface area (Å²) in [4.78, 5) is 0. The van der Waals surface area contributed by atoms with Gasteiger partial charge in [-0.3, -0.25) is 0 Å². The second-order valence-corrected chi connectivity index (χ2v) is 4.71. The van der Waals surface area contributed by atoms with Crippen LogP contribution in [-0.2, 0) is 9.47 Å². The summed E-state index contributed by atoms with van der Waals surface area (Å²) in [5, 5.41) is 3.45. The Morgan fingerprint density at radius 1 is 1.00 bits per heavy atom. The molecule has 3 nitrogen and oxygen atoms in total. The molecular weight excluding hydrogens is 202 g/mol. The molecule has 16 heavy (non-hydrogen) atoms. The van der Waals surface area contributed by atoms with Crippen LogP contribution in [0.3, 0.4) is 0 Å². The first-order valence-electron chi connectivity index (χ1n) is 6.49. The maximum absolute atomic E-state index is 5.81. The molecule has 2 unspecified atom stereocenters. The maximum Gasteiger partial charge on any atom is 0.0773 e. The van der Waals surface area contributed by atoms with E-state index < -0.39 is 0 Å². The molecule has 0 amide bonds. The van der Waals surface area contributed by atoms with Crippen molar-refractivity contribution in [2.75, 3.05) is 19.8 Å². The molecule has 0 spiro atoms. The van der Waals surface area contributed by atoms with E-state index in [4.69, 9.17) is 9.47 Å². The number of ether oxygens (including phenoxy) is 2. The predicted octanol–water partition coefficient (Wildman–Crippen LogP) is 2.45. The van der Waals surface area contributed by atoms with Crippen LogP contribution >= 0.6 is 0 Å². The first-order valence-corrected chi connectivity index (χ1v) is 6.49. The molecule has 0 aromatic carbocycles. The van der Waals surface area contributed by atoms with Crippen LogP contribution in [0.25, 0.3) is 0 Å². The summed E-state index contributed by atoms with van der Waals surface area (Å²) in [6, 6.07) is 0.285. The molecule has 0 saturated carbocycles. The number of rotatable bonds is 9. The molecule has 3 heteroatoms. The van der Waals surface area contributed by atoms with E-state index >= 15 is 0 Å². The Bertz CT molecular complexity index is 160. The van der Waals surface area contributed by atoms with Gasteiger partial charge in [-0.25, -0.2) is 0 Å². The van der Waals surface area contributed by atoms with Crippen LogP contribution < -0.4 is 5.32 Å². The summed E-state index contributed by atoms with van der Waals surface area (Å²) in [5.41, 5.74) is 0. The third kappa shape index (κ3) is 6.46. The Kier molecular flexibility index (Phi) is 8.90. The Hall–Kier alpha value is -0.120. The molecule has 2 atom stereocenters. The molecule has 0 aliphatic heterocycles. The van der Waals surface area contributed by atoms with E-state index in [0.29, 0.717) is 12.5 Å². The lowest BCUT2D eigenvalue weighted by Crippen LogP contribution is -2.47. The minimum absolute atomic E-state index is 0.226. The topological polar surface area (TPSA) is 30.5 Å². The van der Waals surface area contributed by atoms with E-state index in [9.17, 15) is 0 Å². The fourth-order valence-electron chi connectivity index (χ4n) is 1.79. The van der Waals surface area contributed by atoms with Gasteiger partial charge in [-0.05, 0) is 33.2 Å². The van der Waals surface area contributed by atoms with Crippen molar-refractivity contribution >= 4 is 0 Å². The molecule has 1 N–H and O–H groups in total. The first-order chi connectivity index (χ1) is 7.52. The van der Waals surface area contributed by atoms with Crippen LogP contribution in [0.4, 0.5) is 0 Å². The van der Waals surface area contributed by atoms with Crippen LogP contribution in [0.2, 0.25) is 0 Å². The van der Waals surface area contributed by atoms with Crippen molar-refractivity contribution in [2.24, 2.45) is 5.92 Å². The lowest BCUT2D eigenvalue weighted by Gasteiger charge is -2.31. The normalized spacial score (nSPS) is 15.8. The maximum atomic E-state index is 5.81. The van der Waals surface area contributed by atoms with E-state index in [1.165, 1.54) is 0 Å². The van der Waals surface area contributed by atoms with Crippen LogP contribution in [-0.4, -0.2) is 38.0 Å². The standard InChI is InChI=1S/C13H29NO2/c1-7-14-12(9-16-11(5)6)13(10(3)4)15-8-2/h10-14H,7-9H2,1-6H3. The van der Waals surface area contributed by atoms with Crippen LogP contribution in [0.1, 0.15) is 41.5 Å².